The summed E-state index contributed by atoms with van der Waals surface area (Å²) in [5, 5.41) is 2.92. The molecule has 0 saturated heterocycles. The molecule has 1 amide bonds. The van der Waals surface area contributed by atoms with Crippen molar-refractivity contribution in [2.45, 2.75) is 33.6 Å². The lowest BCUT2D eigenvalue weighted by Crippen LogP contribution is -2.15. The molecule has 102 valence electrons. The number of carbonyl (C=O) groups excluding carboxylic acids is 1. The summed E-state index contributed by atoms with van der Waals surface area (Å²) in [7, 11) is 0. The normalized spacial score (nSPS) is 11.8. The predicted octanol–water partition coefficient (Wildman–Crippen LogP) is 3.86. The summed E-state index contributed by atoms with van der Waals surface area (Å²) in [6.45, 7) is 6.40. The van der Waals surface area contributed by atoms with Gasteiger partial charge in [0.25, 0.3) is 0 Å². The molecule has 0 aliphatic carbocycles. The van der Waals surface area contributed by atoms with Crippen molar-refractivity contribution in [3.8, 4) is 0 Å². The maximum Gasteiger partial charge on any atom is 0.224 e. The lowest BCUT2D eigenvalue weighted by atomic mass is 9.90. The van der Waals surface area contributed by atoms with Crippen molar-refractivity contribution in [3.63, 3.8) is 0 Å². The molecule has 5 heteroatoms. The summed E-state index contributed by atoms with van der Waals surface area (Å²) in [5.41, 5.74) is 1.80. The number of aromatic nitrogens is 2. The number of anilines is 1. The SMILES string of the molecule is CC(C)(C)CCC(=O)Nc1ccc2ncc(Br)n2c1. The summed E-state index contributed by atoms with van der Waals surface area (Å²) in [6, 6.07) is 3.74. The first kappa shape index (κ1) is 14.1. The van der Waals surface area contributed by atoms with Gasteiger partial charge >= 0.3 is 0 Å². The van der Waals surface area contributed by atoms with Crippen LogP contribution in [0, 0.1) is 5.41 Å². The highest BCUT2D eigenvalue weighted by Crippen LogP contribution is 2.21. The summed E-state index contributed by atoms with van der Waals surface area (Å²) in [5.74, 6) is 0.0468. The van der Waals surface area contributed by atoms with Crippen molar-refractivity contribution in [2.24, 2.45) is 5.41 Å². The van der Waals surface area contributed by atoms with E-state index in [1.807, 2.05) is 22.7 Å². The van der Waals surface area contributed by atoms with Crippen molar-refractivity contribution in [1.82, 2.24) is 9.38 Å². The number of halogens is 1. The fourth-order valence-corrected chi connectivity index (χ4v) is 2.12. The van der Waals surface area contributed by atoms with E-state index in [1.54, 1.807) is 6.20 Å². The minimum Gasteiger partial charge on any atom is -0.325 e. The highest BCUT2D eigenvalue weighted by Gasteiger charge is 2.13. The van der Waals surface area contributed by atoms with Crippen molar-refractivity contribution in [1.29, 1.82) is 0 Å². The highest BCUT2D eigenvalue weighted by atomic mass is 79.9. The lowest BCUT2D eigenvalue weighted by Gasteiger charge is -2.17. The number of hydrogen-bond donors (Lipinski definition) is 1. The van der Waals surface area contributed by atoms with Crippen LogP contribution in [0.25, 0.3) is 5.65 Å². The van der Waals surface area contributed by atoms with Crippen LogP contribution in [-0.4, -0.2) is 15.3 Å². The Morgan fingerprint density at radius 3 is 2.84 bits per heavy atom. The highest BCUT2D eigenvalue weighted by molar-refractivity contribution is 9.10. The van der Waals surface area contributed by atoms with Gasteiger partial charge in [-0.05, 0) is 39.9 Å². The molecule has 0 aliphatic rings. The van der Waals surface area contributed by atoms with E-state index in [9.17, 15) is 4.79 Å². The molecule has 0 radical (unpaired) electrons. The smallest absolute Gasteiger partial charge is 0.224 e. The fourth-order valence-electron chi connectivity index (χ4n) is 1.74. The van der Waals surface area contributed by atoms with Crippen molar-refractivity contribution < 1.29 is 4.79 Å². The van der Waals surface area contributed by atoms with Crippen molar-refractivity contribution in [2.75, 3.05) is 5.32 Å². The zero-order valence-corrected chi connectivity index (χ0v) is 13.0. The molecule has 0 aliphatic heterocycles. The van der Waals surface area contributed by atoms with Gasteiger partial charge in [0.05, 0.1) is 11.9 Å². The minimum atomic E-state index is 0.0468. The monoisotopic (exact) mass is 323 g/mol. The Labute approximate surface area is 121 Å². The van der Waals surface area contributed by atoms with Gasteiger partial charge in [-0.1, -0.05) is 20.8 Å². The summed E-state index contributed by atoms with van der Waals surface area (Å²) < 4.78 is 2.76. The molecule has 0 bridgehead atoms. The Bertz CT molecular complexity index is 598. The van der Waals surface area contributed by atoms with Crippen molar-refractivity contribution >= 4 is 33.2 Å². The number of fused-ring (bicyclic) bond motifs is 1. The number of imidazole rings is 1. The van der Waals surface area contributed by atoms with E-state index in [4.69, 9.17) is 0 Å². The number of amides is 1. The molecule has 0 atom stereocenters. The van der Waals surface area contributed by atoms with E-state index in [1.165, 1.54) is 0 Å². The Kier molecular flexibility index (Phi) is 3.94. The number of nitrogens with zero attached hydrogens (tertiary/aromatic N) is 2. The third-order valence-corrected chi connectivity index (χ3v) is 3.43. The van der Waals surface area contributed by atoms with Gasteiger partial charge in [0.1, 0.15) is 10.3 Å². The van der Waals surface area contributed by atoms with Crippen LogP contribution in [0.3, 0.4) is 0 Å². The van der Waals surface area contributed by atoms with E-state index < -0.39 is 0 Å². The lowest BCUT2D eigenvalue weighted by molar-refractivity contribution is -0.116. The zero-order chi connectivity index (χ0) is 14.0. The summed E-state index contributed by atoms with van der Waals surface area (Å²) >= 11 is 3.41. The molecule has 0 unspecified atom stereocenters. The number of carbonyl (C=O) groups is 1. The zero-order valence-electron chi connectivity index (χ0n) is 11.4. The molecule has 2 heterocycles. The third-order valence-electron chi connectivity index (χ3n) is 2.85. The van der Waals surface area contributed by atoms with E-state index in [-0.39, 0.29) is 11.3 Å². The van der Waals surface area contributed by atoms with Crippen molar-refractivity contribution in [3.05, 3.63) is 29.1 Å². The van der Waals surface area contributed by atoms with Gasteiger partial charge in [-0.2, -0.15) is 0 Å². The third kappa shape index (κ3) is 3.80. The molecular weight excluding hydrogens is 306 g/mol. The van der Waals surface area contributed by atoms with Gasteiger partial charge in [-0.25, -0.2) is 4.98 Å². The number of hydrogen-bond acceptors (Lipinski definition) is 2. The topological polar surface area (TPSA) is 46.4 Å². The molecule has 0 spiro atoms. The Balaban J connectivity index is 2.04. The quantitative estimate of drug-likeness (QED) is 0.932. The van der Waals surface area contributed by atoms with Gasteiger partial charge in [0.15, 0.2) is 0 Å². The van der Waals surface area contributed by atoms with Crippen LogP contribution < -0.4 is 5.32 Å². The fraction of sp³-hybridized carbons (Fsp3) is 0.429. The van der Waals surface area contributed by atoms with E-state index >= 15 is 0 Å². The number of pyridine rings is 1. The summed E-state index contributed by atoms with van der Waals surface area (Å²) in [6.07, 6.45) is 5.00. The second-order valence-corrected chi connectivity index (χ2v) is 6.65. The number of nitrogens with one attached hydrogen (secondary N) is 1. The first-order valence-electron chi connectivity index (χ1n) is 6.28. The van der Waals surface area contributed by atoms with Gasteiger partial charge in [-0.3, -0.25) is 9.20 Å². The molecular formula is C14H18BrN3O. The largest absolute Gasteiger partial charge is 0.325 e. The molecule has 0 aromatic carbocycles. The van der Waals surface area contributed by atoms with Crippen LogP contribution >= 0.6 is 15.9 Å². The Morgan fingerprint density at radius 2 is 2.16 bits per heavy atom. The maximum absolute atomic E-state index is 11.9. The average Bonchev–Trinajstić information content (AvgIpc) is 2.68. The van der Waals surface area contributed by atoms with Gasteiger partial charge in [0, 0.05) is 12.6 Å². The van der Waals surface area contributed by atoms with Crippen LogP contribution in [0.2, 0.25) is 0 Å². The van der Waals surface area contributed by atoms with Crippen LogP contribution in [0.1, 0.15) is 33.6 Å². The van der Waals surface area contributed by atoms with Gasteiger partial charge < -0.3 is 5.32 Å². The molecule has 2 rings (SSSR count). The van der Waals surface area contributed by atoms with Crippen LogP contribution in [0.5, 0.6) is 0 Å². The standard InChI is InChI=1S/C14H18BrN3O/c1-14(2,3)7-6-13(19)17-10-4-5-12-16-8-11(15)18(12)9-10/h4-5,8-9H,6-7H2,1-3H3,(H,17,19). The molecule has 0 fully saturated rings. The Hall–Kier alpha value is -1.36. The molecule has 19 heavy (non-hydrogen) atoms. The number of rotatable bonds is 3. The molecule has 2 aromatic rings. The molecule has 0 saturated carbocycles. The van der Waals surface area contributed by atoms with E-state index in [0.29, 0.717) is 6.42 Å². The predicted molar refractivity (Wildman–Crippen MR) is 80.2 cm³/mol. The minimum absolute atomic E-state index is 0.0468. The van der Waals surface area contributed by atoms with E-state index in [0.717, 1.165) is 22.4 Å². The van der Waals surface area contributed by atoms with Gasteiger partial charge in [-0.15, -0.1) is 0 Å². The molecule has 2 aromatic heterocycles. The van der Waals surface area contributed by atoms with Crippen LogP contribution in [-0.2, 0) is 4.79 Å². The summed E-state index contributed by atoms with van der Waals surface area (Å²) in [4.78, 5) is 16.1. The first-order chi connectivity index (χ1) is 8.85. The van der Waals surface area contributed by atoms with E-state index in [2.05, 4.69) is 47.0 Å². The van der Waals surface area contributed by atoms with Gasteiger partial charge in [0.2, 0.25) is 5.91 Å². The molecule has 4 nitrogen and oxygen atoms in total. The molecule has 1 N–H and O–H groups in total. The second kappa shape index (κ2) is 5.33. The van der Waals surface area contributed by atoms with Crippen LogP contribution in [0.4, 0.5) is 5.69 Å². The first-order valence-corrected chi connectivity index (χ1v) is 7.07. The second-order valence-electron chi connectivity index (χ2n) is 5.84. The Morgan fingerprint density at radius 1 is 1.42 bits per heavy atom. The average molecular weight is 324 g/mol. The maximum atomic E-state index is 11.9. The van der Waals surface area contributed by atoms with Crippen LogP contribution in [0.15, 0.2) is 29.1 Å².